The van der Waals surface area contributed by atoms with E-state index < -0.39 is 0 Å². The van der Waals surface area contributed by atoms with Gasteiger partial charge in [0.15, 0.2) is 11.5 Å². The number of nitrogens with one attached hydrogen (secondary N) is 1. The Hall–Kier alpha value is -2.63. The van der Waals surface area contributed by atoms with Gasteiger partial charge in [-0.1, -0.05) is 13.3 Å². The molecular weight excluding hydrogens is 318 g/mol. The quantitative estimate of drug-likeness (QED) is 0.927. The van der Waals surface area contributed by atoms with Crippen LogP contribution in [0.1, 0.15) is 31.5 Å². The lowest BCUT2D eigenvalue weighted by Crippen LogP contribution is -2.44. The van der Waals surface area contributed by atoms with Gasteiger partial charge in [-0.15, -0.1) is 0 Å². The smallest absolute Gasteiger partial charge is 0.322 e. The Kier molecular flexibility index (Phi) is 4.26. The van der Waals surface area contributed by atoms with Crippen LogP contribution in [0.3, 0.4) is 0 Å². The molecule has 0 saturated carbocycles. The van der Waals surface area contributed by atoms with Gasteiger partial charge in [-0.05, 0) is 30.7 Å². The van der Waals surface area contributed by atoms with Crippen LogP contribution in [-0.4, -0.2) is 35.3 Å². The van der Waals surface area contributed by atoms with Crippen LogP contribution < -0.4 is 14.8 Å². The molecule has 2 aromatic rings. The van der Waals surface area contributed by atoms with Crippen molar-refractivity contribution in [2.24, 2.45) is 0 Å². The van der Waals surface area contributed by atoms with Crippen LogP contribution >= 0.6 is 0 Å². The van der Waals surface area contributed by atoms with E-state index in [9.17, 15) is 4.79 Å². The number of nitrogens with zero attached hydrogens (tertiary/aromatic N) is 2. The number of urea groups is 1. The molecule has 0 saturated heterocycles. The third-order valence-corrected chi connectivity index (χ3v) is 4.78. The third-order valence-electron chi connectivity index (χ3n) is 4.78. The summed E-state index contributed by atoms with van der Waals surface area (Å²) in [7, 11) is 0. The summed E-state index contributed by atoms with van der Waals surface area (Å²) in [6, 6.07) is 9.74. The predicted molar refractivity (Wildman–Crippen MR) is 95.2 cm³/mol. The average Bonchev–Trinajstić information content (AvgIpc) is 3.11. The molecule has 3 heterocycles. The maximum Gasteiger partial charge on any atom is 0.322 e. The van der Waals surface area contributed by atoms with Crippen LogP contribution in [0.15, 0.2) is 36.5 Å². The predicted octanol–water partition coefficient (Wildman–Crippen LogP) is 3.65. The minimum absolute atomic E-state index is 0.0671. The van der Waals surface area contributed by atoms with Gasteiger partial charge in [-0.2, -0.15) is 0 Å². The number of aromatic nitrogens is 1. The largest absolute Gasteiger partial charge is 0.486 e. The van der Waals surface area contributed by atoms with E-state index in [2.05, 4.69) is 35.1 Å². The molecule has 6 nitrogen and oxygen atoms in total. The summed E-state index contributed by atoms with van der Waals surface area (Å²) in [6.07, 6.45) is 4.08. The Morgan fingerprint density at radius 3 is 2.88 bits per heavy atom. The molecule has 1 unspecified atom stereocenters. The van der Waals surface area contributed by atoms with E-state index in [1.807, 2.05) is 23.1 Å². The number of hydrogen-bond donors (Lipinski definition) is 1. The highest BCUT2D eigenvalue weighted by Crippen LogP contribution is 2.34. The fourth-order valence-corrected chi connectivity index (χ4v) is 3.60. The number of anilines is 1. The van der Waals surface area contributed by atoms with Crippen molar-refractivity contribution in [1.82, 2.24) is 9.47 Å². The van der Waals surface area contributed by atoms with Crippen LogP contribution in [0.2, 0.25) is 0 Å². The van der Waals surface area contributed by atoms with Crippen molar-refractivity contribution in [2.75, 3.05) is 25.1 Å². The van der Waals surface area contributed by atoms with Crippen molar-refractivity contribution in [1.29, 1.82) is 0 Å². The fraction of sp³-hybridized carbons (Fsp3) is 0.421. The molecule has 1 aromatic heterocycles. The first-order valence-electron chi connectivity index (χ1n) is 8.88. The number of carbonyl (C=O) groups is 1. The maximum absolute atomic E-state index is 12.9. The molecular formula is C19H23N3O3. The minimum Gasteiger partial charge on any atom is -0.486 e. The van der Waals surface area contributed by atoms with Crippen molar-refractivity contribution < 1.29 is 14.3 Å². The number of fused-ring (bicyclic) bond motifs is 2. The highest BCUT2D eigenvalue weighted by molar-refractivity contribution is 5.90. The van der Waals surface area contributed by atoms with Gasteiger partial charge in [0.25, 0.3) is 0 Å². The van der Waals surface area contributed by atoms with Crippen molar-refractivity contribution in [2.45, 2.75) is 32.4 Å². The minimum atomic E-state index is -0.0671. The Morgan fingerprint density at radius 1 is 1.20 bits per heavy atom. The molecule has 1 aromatic carbocycles. The Balaban J connectivity index is 1.52. The zero-order chi connectivity index (χ0) is 17.2. The molecule has 1 N–H and O–H groups in total. The second-order valence-corrected chi connectivity index (χ2v) is 6.41. The summed E-state index contributed by atoms with van der Waals surface area (Å²) >= 11 is 0. The van der Waals surface area contributed by atoms with Crippen molar-refractivity contribution in [3.63, 3.8) is 0 Å². The fourth-order valence-electron chi connectivity index (χ4n) is 3.60. The topological polar surface area (TPSA) is 55.7 Å². The molecule has 1 atom stereocenters. The molecule has 0 aliphatic carbocycles. The third kappa shape index (κ3) is 3.04. The van der Waals surface area contributed by atoms with Crippen molar-refractivity contribution >= 4 is 11.7 Å². The lowest BCUT2D eigenvalue weighted by Gasteiger charge is -2.37. The molecule has 2 aliphatic heterocycles. The molecule has 25 heavy (non-hydrogen) atoms. The van der Waals surface area contributed by atoms with E-state index in [-0.39, 0.29) is 12.1 Å². The van der Waals surface area contributed by atoms with Crippen LogP contribution in [0, 0.1) is 0 Å². The highest BCUT2D eigenvalue weighted by Gasteiger charge is 2.30. The lowest BCUT2D eigenvalue weighted by atomic mass is 10.0. The first-order chi connectivity index (χ1) is 12.3. The second-order valence-electron chi connectivity index (χ2n) is 6.41. The second kappa shape index (κ2) is 6.70. The Labute approximate surface area is 147 Å². The van der Waals surface area contributed by atoms with E-state index in [1.54, 1.807) is 0 Å². The summed E-state index contributed by atoms with van der Waals surface area (Å²) < 4.78 is 13.4. The average molecular weight is 341 g/mol. The van der Waals surface area contributed by atoms with Crippen molar-refractivity contribution in [3.8, 4) is 11.5 Å². The SMILES string of the molecule is CCCC1c2cccn2CCN1C(=O)Nc1ccc2c(c1)OCCO2. The molecule has 2 amide bonds. The molecule has 0 fully saturated rings. The summed E-state index contributed by atoms with van der Waals surface area (Å²) in [5.41, 5.74) is 1.94. The van der Waals surface area contributed by atoms with Gasteiger partial charge in [-0.25, -0.2) is 4.79 Å². The normalized spacial score (nSPS) is 18.6. The van der Waals surface area contributed by atoms with Gasteiger partial charge in [0.1, 0.15) is 13.2 Å². The Morgan fingerprint density at radius 2 is 2.04 bits per heavy atom. The molecule has 6 heteroatoms. The highest BCUT2D eigenvalue weighted by atomic mass is 16.6. The number of carbonyl (C=O) groups excluding carboxylic acids is 1. The Bertz CT molecular complexity index is 771. The van der Waals surface area contributed by atoms with Gasteiger partial charge >= 0.3 is 6.03 Å². The zero-order valence-corrected chi connectivity index (χ0v) is 14.4. The first-order valence-corrected chi connectivity index (χ1v) is 8.88. The summed E-state index contributed by atoms with van der Waals surface area (Å²) in [6.45, 7) is 4.79. The van der Waals surface area contributed by atoms with Gasteiger partial charge in [-0.3, -0.25) is 0 Å². The molecule has 132 valence electrons. The molecule has 2 aliphatic rings. The summed E-state index contributed by atoms with van der Waals surface area (Å²) in [4.78, 5) is 14.8. The first kappa shape index (κ1) is 15.9. The van der Waals surface area contributed by atoms with Gasteiger partial charge in [0.05, 0.1) is 6.04 Å². The van der Waals surface area contributed by atoms with Gasteiger partial charge in [0.2, 0.25) is 0 Å². The molecule has 0 spiro atoms. The van der Waals surface area contributed by atoms with E-state index in [1.165, 1.54) is 5.69 Å². The number of ether oxygens (including phenoxy) is 2. The maximum atomic E-state index is 12.9. The van der Waals surface area contributed by atoms with Crippen LogP contribution in [0.5, 0.6) is 11.5 Å². The number of rotatable bonds is 3. The van der Waals surface area contributed by atoms with E-state index in [0.29, 0.717) is 25.5 Å². The van der Waals surface area contributed by atoms with E-state index >= 15 is 0 Å². The van der Waals surface area contributed by atoms with E-state index in [4.69, 9.17) is 9.47 Å². The number of amides is 2. The van der Waals surface area contributed by atoms with Crippen LogP contribution in [0.25, 0.3) is 0 Å². The van der Waals surface area contributed by atoms with Crippen molar-refractivity contribution in [3.05, 3.63) is 42.2 Å². The lowest BCUT2D eigenvalue weighted by molar-refractivity contribution is 0.162. The molecule has 0 radical (unpaired) electrons. The number of benzene rings is 1. The summed E-state index contributed by atoms with van der Waals surface area (Å²) in [5.74, 6) is 1.41. The van der Waals surface area contributed by atoms with Crippen LogP contribution in [-0.2, 0) is 6.54 Å². The summed E-state index contributed by atoms with van der Waals surface area (Å²) in [5, 5.41) is 3.02. The monoisotopic (exact) mass is 341 g/mol. The molecule has 0 bridgehead atoms. The van der Waals surface area contributed by atoms with E-state index in [0.717, 1.165) is 30.8 Å². The zero-order valence-electron chi connectivity index (χ0n) is 14.4. The standard InChI is InChI=1S/C19H23N3O3/c1-2-4-16-15-5-3-8-21(15)9-10-22(16)19(23)20-14-6-7-17-18(13-14)25-12-11-24-17/h3,5-8,13,16H,2,4,9-12H2,1H3,(H,20,23). The number of hydrogen-bond acceptors (Lipinski definition) is 3. The van der Waals surface area contributed by atoms with Gasteiger partial charge < -0.3 is 24.3 Å². The van der Waals surface area contributed by atoms with Crippen LogP contribution in [0.4, 0.5) is 10.5 Å². The van der Waals surface area contributed by atoms with Gasteiger partial charge in [0, 0.05) is 36.7 Å². The molecule has 4 rings (SSSR count).